The zero-order chi connectivity index (χ0) is 22.6. The summed E-state index contributed by atoms with van der Waals surface area (Å²) >= 11 is 0. The van der Waals surface area contributed by atoms with Gasteiger partial charge in [0.15, 0.2) is 5.43 Å². The van der Waals surface area contributed by atoms with Gasteiger partial charge in [0.05, 0.1) is 17.0 Å². The molecule has 0 spiro atoms. The molecule has 0 saturated carbocycles. The van der Waals surface area contributed by atoms with Crippen LogP contribution in [0.3, 0.4) is 0 Å². The molecule has 1 aliphatic heterocycles. The topological polar surface area (TPSA) is 50.5 Å². The van der Waals surface area contributed by atoms with E-state index in [2.05, 4.69) is 13.8 Å². The van der Waals surface area contributed by atoms with Crippen LogP contribution in [0.25, 0.3) is 11.0 Å². The van der Waals surface area contributed by atoms with Crippen LogP contribution in [0.5, 0.6) is 0 Å². The van der Waals surface area contributed by atoms with Gasteiger partial charge in [0, 0.05) is 5.69 Å². The summed E-state index contributed by atoms with van der Waals surface area (Å²) in [6.07, 6.45) is 0. The third-order valence-corrected chi connectivity index (χ3v) is 6.03. The Morgan fingerprint density at radius 3 is 2.41 bits per heavy atom. The Morgan fingerprint density at radius 2 is 1.72 bits per heavy atom. The number of amides is 1. The van der Waals surface area contributed by atoms with Crippen LogP contribution in [-0.2, 0) is 0 Å². The predicted octanol–water partition coefficient (Wildman–Crippen LogP) is 6.11. The molecule has 0 aliphatic carbocycles. The molecule has 2 heterocycles. The normalized spacial score (nSPS) is 15.6. The van der Waals surface area contributed by atoms with Crippen LogP contribution in [0.15, 0.2) is 75.9 Å². The van der Waals surface area contributed by atoms with E-state index >= 15 is 0 Å². The third-order valence-electron chi connectivity index (χ3n) is 6.03. The maximum absolute atomic E-state index is 13.9. The number of hydrogen-bond donors (Lipinski definition) is 0. The van der Waals surface area contributed by atoms with Crippen LogP contribution in [0.4, 0.5) is 10.1 Å². The van der Waals surface area contributed by atoms with Crippen molar-refractivity contribution in [1.29, 1.82) is 0 Å². The van der Waals surface area contributed by atoms with Crippen LogP contribution in [-0.4, -0.2) is 5.91 Å². The Bertz CT molecular complexity index is 1420. The second-order valence-corrected chi connectivity index (χ2v) is 8.55. The van der Waals surface area contributed by atoms with Crippen molar-refractivity contribution in [3.8, 4) is 0 Å². The third kappa shape index (κ3) is 3.12. The second-order valence-electron chi connectivity index (χ2n) is 8.55. The van der Waals surface area contributed by atoms with Gasteiger partial charge in [-0.2, -0.15) is 0 Å². The molecule has 0 bridgehead atoms. The maximum Gasteiger partial charge on any atom is 0.295 e. The first kappa shape index (κ1) is 20.2. The molecule has 3 aromatic carbocycles. The summed E-state index contributed by atoms with van der Waals surface area (Å²) in [5.41, 5.74) is 3.68. The first-order valence-electron chi connectivity index (χ1n) is 10.6. The van der Waals surface area contributed by atoms with E-state index in [1.54, 1.807) is 4.90 Å². The predicted molar refractivity (Wildman–Crippen MR) is 123 cm³/mol. The van der Waals surface area contributed by atoms with Crippen LogP contribution in [0.1, 0.15) is 58.6 Å². The van der Waals surface area contributed by atoms with Gasteiger partial charge in [0.1, 0.15) is 11.4 Å². The van der Waals surface area contributed by atoms with Crippen molar-refractivity contribution >= 4 is 22.6 Å². The van der Waals surface area contributed by atoms with Crippen molar-refractivity contribution in [3.63, 3.8) is 0 Å². The van der Waals surface area contributed by atoms with E-state index in [1.165, 1.54) is 18.2 Å². The SMILES string of the molecule is Cc1cccc(N2C(=O)c3oc4ccc(F)cc4c(=O)c3C2c2ccc(C(C)C)cc2)c1. The molecule has 4 aromatic rings. The van der Waals surface area contributed by atoms with Gasteiger partial charge in [-0.3, -0.25) is 14.5 Å². The van der Waals surface area contributed by atoms with E-state index in [0.717, 1.165) is 16.7 Å². The lowest BCUT2D eigenvalue weighted by Gasteiger charge is -2.26. The lowest BCUT2D eigenvalue weighted by Crippen LogP contribution is -2.29. The summed E-state index contributed by atoms with van der Waals surface area (Å²) in [6.45, 7) is 6.17. The highest BCUT2D eigenvalue weighted by Gasteiger charge is 2.43. The number of anilines is 1. The molecule has 5 rings (SSSR count). The van der Waals surface area contributed by atoms with Gasteiger partial charge in [-0.25, -0.2) is 4.39 Å². The summed E-state index contributed by atoms with van der Waals surface area (Å²) in [6, 6.07) is 18.6. The van der Waals surface area contributed by atoms with E-state index in [9.17, 15) is 14.0 Å². The van der Waals surface area contributed by atoms with E-state index in [4.69, 9.17) is 4.42 Å². The molecule has 32 heavy (non-hydrogen) atoms. The number of halogens is 1. The van der Waals surface area contributed by atoms with Crippen molar-refractivity contribution in [3.05, 3.63) is 111 Å². The highest BCUT2D eigenvalue weighted by atomic mass is 19.1. The number of carbonyl (C=O) groups excluding carboxylic acids is 1. The largest absolute Gasteiger partial charge is 0.450 e. The van der Waals surface area contributed by atoms with E-state index < -0.39 is 11.9 Å². The van der Waals surface area contributed by atoms with E-state index in [1.807, 2.05) is 55.5 Å². The van der Waals surface area contributed by atoms with Gasteiger partial charge in [0.2, 0.25) is 5.76 Å². The minimum absolute atomic E-state index is 0.00792. The summed E-state index contributed by atoms with van der Waals surface area (Å²) < 4.78 is 19.8. The molecule has 1 atom stereocenters. The maximum atomic E-state index is 13.9. The summed E-state index contributed by atoms with van der Waals surface area (Å²) in [7, 11) is 0. The van der Waals surface area contributed by atoms with Gasteiger partial charge < -0.3 is 4.42 Å². The van der Waals surface area contributed by atoms with Crippen molar-refractivity contribution in [2.45, 2.75) is 32.7 Å². The second kappa shape index (κ2) is 7.45. The Balaban J connectivity index is 1.79. The average molecular weight is 427 g/mol. The smallest absolute Gasteiger partial charge is 0.295 e. The molecule has 0 fully saturated rings. The van der Waals surface area contributed by atoms with Gasteiger partial charge in [0.25, 0.3) is 5.91 Å². The lowest BCUT2D eigenvalue weighted by molar-refractivity contribution is 0.0971. The summed E-state index contributed by atoms with van der Waals surface area (Å²) in [4.78, 5) is 28.7. The first-order valence-corrected chi connectivity index (χ1v) is 10.6. The summed E-state index contributed by atoms with van der Waals surface area (Å²) in [5.74, 6) is -0.547. The zero-order valence-corrected chi connectivity index (χ0v) is 18.1. The van der Waals surface area contributed by atoms with E-state index in [0.29, 0.717) is 11.6 Å². The number of aryl methyl sites for hydroxylation is 1. The standard InChI is InChI=1S/C27H22FNO3/c1-15(2)17-7-9-18(10-8-17)24-23-25(30)21-14-19(28)11-12-22(21)32-26(23)27(31)29(24)20-6-4-5-16(3)13-20/h4-15,24H,1-3H3. The molecule has 5 heteroatoms. The summed E-state index contributed by atoms with van der Waals surface area (Å²) in [5, 5.41) is 0.131. The average Bonchev–Trinajstić information content (AvgIpc) is 3.07. The lowest BCUT2D eigenvalue weighted by atomic mass is 9.95. The minimum atomic E-state index is -0.663. The number of nitrogens with zero attached hydrogens (tertiary/aromatic N) is 1. The number of hydrogen-bond acceptors (Lipinski definition) is 3. The molecule has 1 amide bonds. The molecular formula is C27H22FNO3. The van der Waals surface area contributed by atoms with Crippen molar-refractivity contribution < 1.29 is 13.6 Å². The van der Waals surface area contributed by atoms with Crippen LogP contribution < -0.4 is 10.3 Å². The Labute approximate surface area is 184 Å². The molecular weight excluding hydrogens is 405 g/mol. The van der Waals surface area contributed by atoms with Crippen LogP contribution >= 0.6 is 0 Å². The van der Waals surface area contributed by atoms with Gasteiger partial charge in [-0.1, -0.05) is 50.2 Å². The van der Waals surface area contributed by atoms with Crippen LogP contribution in [0, 0.1) is 12.7 Å². The van der Waals surface area contributed by atoms with Crippen molar-refractivity contribution in [1.82, 2.24) is 0 Å². The number of benzene rings is 3. The number of fused-ring (bicyclic) bond motifs is 2. The van der Waals surface area contributed by atoms with Gasteiger partial charge >= 0.3 is 0 Å². The quantitative estimate of drug-likeness (QED) is 0.396. The van der Waals surface area contributed by atoms with Crippen LogP contribution in [0.2, 0.25) is 0 Å². The molecule has 160 valence electrons. The molecule has 0 radical (unpaired) electrons. The fourth-order valence-corrected chi connectivity index (χ4v) is 4.37. The molecule has 1 aliphatic rings. The van der Waals surface area contributed by atoms with Gasteiger partial charge in [-0.15, -0.1) is 0 Å². The molecule has 1 aromatic heterocycles. The molecule has 4 nitrogen and oxygen atoms in total. The highest BCUT2D eigenvalue weighted by molar-refractivity contribution is 6.10. The van der Waals surface area contributed by atoms with Crippen molar-refractivity contribution in [2.24, 2.45) is 0 Å². The highest BCUT2D eigenvalue weighted by Crippen LogP contribution is 2.41. The molecule has 1 unspecified atom stereocenters. The Morgan fingerprint density at radius 1 is 0.969 bits per heavy atom. The van der Waals surface area contributed by atoms with E-state index in [-0.39, 0.29) is 33.6 Å². The van der Waals surface area contributed by atoms with Crippen molar-refractivity contribution in [2.75, 3.05) is 4.90 Å². The fourth-order valence-electron chi connectivity index (χ4n) is 4.37. The monoisotopic (exact) mass is 427 g/mol. The zero-order valence-electron chi connectivity index (χ0n) is 18.1. The Kier molecular flexibility index (Phi) is 4.70. The Hall–Kier alpha value is -3.73. The van der Waals surface area contributed by atoms with Gasteiger partial charge in [-0.05, 0) is 59.9 Å². The number of rotatable bonds is 3. The molecule has 0 saturated heterocycles. The first-order chi connectivity index (χ1) is 15.3. The fraction of sp³-hybridized carbons (Fsp3) is 0.185. The number of carbonyl (C=O) groups is 1. The minimum Gasteiger partial charge on any atom is -0.450 e. The molecule has 0 N–H and O–H groups in total.